The molecule has 0 radical (unpaired) electrons. The third-order valence-electron chi connectivity index (χ3n) is 3.09. The summed E-state index contributed by atoms with van der Waals surface area (Å²) in [5.41, 5.74) is 2.64. The number of benzene rings is 2. The van der Waals surface area contributed by atoms with Gasteiger partial charge in [-0.15, -0.1) is 11.6 Å². The molecular formula is C14H15ClSi. The van der Waals surface area contributed by atoms with Gasteiger partial charge in [-0.25, -0.2) is 0 Å². The molecule has 0 amide bonds. The second-order valence-electron chi connectivity index (χ2n) is 4.20. The van der Waals surface area contributed by atoms with Crippen LogP contribution in [0.4, 0.5) is 0 Å². The Labute approximate surface area is 105 Å². The summed E-state index contributed by atoms with van der Waals surface area (Å²) in [4.78, 5) is 0. The number of halogens is 1. The third-order valence-corrected chi connectivity index (χ3v) is 5.58. The molecule has 0 bridgehead atoms. The van der Waals surface area contributed by atoms with Gasteiger partial charge >= 0.3 is 0 Å². The zero-order chi connectivity index (χ0) is 11.4. The first-order valence-corrected chi connectivity index (χ1v) is 6.98. The van der Waals surface area contributed by atoms with Crippen molar-refractivity contribution in [3.8, 4) is 0 Å². The smallest absolute Gasteiger partial charge is 0.0326 e. The van der Waals surface area contributed by atoms with Crippen molar-refractivity contribution < 1.29 is 0 Å². The van der Waals surface area contributed by atoms with E-state index >= 15 is 0 Å². The molecule has 0 spiro atoms. The van der Waals surface area contributed by atoms with Crippen LogP contribution in [0.5, 0.6) is 0 Å². The summed E-state index contributed by atoms with van der Waals surface area (Å²) in [6.07, 6.45) is 0. The first-order valence-electron chi connectivity index (χ1n) is 5.44. The average molecular weight is 247 g/mol. The molecule has 0 aliphatic heterocycles. The number of rotatable bonds is 3. The number of alkyl halides is 1. The highest BCUT2D eigenvalue weighted by Gasteiger charge is 2.27. The van der Waals surface area contributed by atoms with Crippen molar-refractivity contribution in [1.29, 1.82) is 0 Å². The van der Waals surface area contributed by atoms with Crippen LogP contribution in [0.2, 0.25) is 0 Å². The molecule has 0 unspecified atom stereocenters. The van der Waals surface area contributed by atoms with Gasteiger partial charge in [0.15, 0.2) is 0 Å². The Kier molecular flexibility index (Phi) is 3.47. The Morgan fingerprint density at radius 2 is 1.19 bits per heavy atom. The van der Waals surface area contributed by atoms with E-state index in [0.29, 0.717) is 5.88 Å². The lowest BCUT2D eigenvalue weighted by Gasteiger charge is -2.28. The largest absolute Gasteiger partial charge is 0.126 e. The van der Waals surface area contributed by atoms with Crippen LogP contribution in [0.15, 0.2) is 60.7 Å². The van der Waals surface area contributed by atoms with Crippen LogP contribution >= 0.6 is 11.6 Å². The molecule has 0 atom stereocenters. The molecule has 0 fully saturated rings. The Hall–Kier alpha value is -1.05. The van der Waals surface area contributed by atoms with Gasteiger partial charge < -0.3 is 0 Å². The summed E-state index contributed by atoms with van der Waals surface area (Å²) in [7, 11) is 1.01. The predicted octanol–water partition coefficient (Wildman–Crippen LogP) is 2.53. The molecular weight excluding hydrogens is 232 g/mol. The molecule has 0 nitrogen and oxygen atoms in total. The average Bonchev–Trinajstić information content (AvgIpc) is 2.40. The van der Waals surface area contributed by atoms with Gasteiger partial charge in [-0.1, -0.05) is 60.7 Å². The summed E-state index contributed by atoms with van der Waals surface area (Å²) in [6.45, 7) is 0. The van der Waals surface area contributed by atoms with Crippen molar-refractivity contribution in [3.63, 3.8) is 0 Å². The lowest BCUT2D eigenvalue weighted by Crippen LogP contribution is -2.30. The molecule has 16 heavy (non-hydrogen) atoms. The van der Waals surface area contributed by atoms with Gasteiger partial charge in [0.25, 0.3) is 0 Å². The fraction of sp³-hybridized carbons (Fsp3) is 0.143. The molecule has 0 aliphatic carbocycles. The minimum absolute atomic E-state index is 0.0318. The minimum atomic E-state index is 0.0318. The summed E-state index contributed by atoms with van der Waals surface area (Å²) in [6, 6.07) is 21.1. The maximum absolute atomic E-state index is 6.21. The zero-order valence-corrected chi connectivity index (χ0v) is 12.1. The van der Waals surface area contributed by atoms with Gasteiger partial charge in [0, 0.05) is 21.2 Å². The Morgan fingerprint density at radius 3 is 1.50 bits per heavy atom. The molecule has 2 aromatic carbocycles. The van der Waals surface area contributed by atoms with Crippen molar-refractivity contribution >= 4 is 21.8 Å². The highest BCUT2D eigenvalue weighted by Crippen LogP contribution is 2.29. The molecule has 0 aromatic heterocycles. The van der Waals surface area contributed by atoms with E-state index in [1.54, 1.807) is 0 Å². The SMILES string of the molecule is [SiH3]C(CCl)(c1ccccc1)c1ccccc1. The maximum Gasteiger partial charge on any atom is 0.0326 e. The normalized spacial score (nSPS) is 11.6. The van der Waals surface area contributed by atoms with Crippen LogP contribution < -0.4 is 0 Å². The molecule has 0 N–H and O–H groups in total. The lowest BCUT2D eigenvalue weighted by atomic mass is 9.91. The molecule has 0 aliphatic rings. The van der Waals surface area contributed by atoms with E-state index in [1.165, 1.54) is 11.1 Å². The Balaban J connectivity index is 2.49. The van der Waals surface area contributed by atoms with E-state index in [2.05, 4.69) is 48.5 Å². The second kappa shape index (κ2) is 4.85. The fourth-order valence-corrected chi connectivity index (χ4v) is 2.91. The van der Waals surface area contributed by atoms with E-state index in [-0.39, 0.29) is 5.04 Å². The van der Waals surface area contributed by atoms with E-state index in [9.17, 15) is 0 Å². The molecule has 0 heterocycles. The van der Waals surface area contributed by atoms with E-state index in [4.69, 9.17) is 11.6 Å². The zero-order valence-electron chi connectivity index (χ0n) is 9.36. The van der Waals surface area contributed by atoms with Gasteiger partial charge in [-0.3, -0.25) is 0 Å². The van der Waals surface area contributed by atoms with Gasteiger partial charge in [0.05, 0.1) is 0 Å². The second-order valence-corrected chi connectivity index (χ2v) is 6.17. The van der Waals surface area contributed by atoms with Crippen LogP contribution in [0.3, 0.4) is 0 Å². The molecule has 0 saturated heterocycles. The van der Waals surface area contributed by atoms with E-state index in [1.807, 2.05) is 12.1 Å². The van der Waals surface area contributed by atoms with Crippen molar-refractivity contribution in [2.24, 2.45) is 0 Å². The van der Waals surface area contributed by atoms with Crippen molar-refractivity contribution in [2.45, 2.75) is 5.04 Å². The summed E-state index contributed by atoms with van der Waals surface area (Å²) in [5, 5.41) is 0.0318. The number of hydrogen-bond donors (Lipinski definition) is 0. The monoisotopic (exact) mass is 246 g/mol. The molecule has 2 heteroatoms. The molecule has 2 aromatic rings. The van der Waals surface area contributed by atoms with Crippen molar-refractivity contribution in [2.75, 3.05) is 5.88 Å². The molecule has 82 valence electrons. The van der Waals surface area contributed by atoms with Gasteiger partial charge in [0.1, 0.15) is 0 Å². The topological polar surface area (TPSA) is 0 Å². The number of hydrogen-bond acceptors (Lipinski definition) is 0. The quantitative estimate of drug-likeness (QED) is 0.577. The highest BCUT2D eigenvalue weighted by molar-refractivity contribution is 6.28. The minimum Gasteiger partial charge on any atom is -0.126 e. The van der Waals surface area contributed by atoms with Crippen LogP contribution in [-0.2, 0) is 5.04 Å². The highest BCUT2D eigenvalue weighted by atomic mass is 35.5. The first kappa shape index (κ1) is 11.4. The summed E-state index contributed by atoms with van der Waals surface area (Å²) in [5.74, 6) is 0.646. The van der Waals surface area contributed by atoms with Gasteiger partial charge in [0.2, 0.25) is 0 Å². The summed E-state index contributed by atoms with van der Waals surface area (Å²) >= 11 is 6.21. The van der Waals surface area contributed by atoms with Crippen LogP contribution in [0.1, 0.15) is 11.1 Å². The van der Waals surface area contributed by atoms with Crippen molar-refractivity contribution in [3.05, 3.63) is 71.8 Å². The third kappa shape index (κ3) is 2.06. The Morgan fingerprint density at radius 1 is 0.812 bits per heavy atom. The van der Waals surface area contributed by atoms with E-state index < -0.39 is 0 Å². The molecule has 2 rings (SSSR count). The molecule has 0 saturated carbocycles. The van der Waals surface area contributed by atoms with Gasteiger partial charge in [-0.05, 0) is 11.1 Å². The van der Waals surface area contributed by atoms with Crippen molar-refractivity contribution in [1.82, 2.24) is 0 Å². The van der Waals surface area contributed by atoms with Crippen LogP contribution in [0, 0.1) is 0 Å². The summed E-state index contributed by atoms with van der Waals surface area (Å²) < 4.78 is 0. The van der Waals surface area contributed by atoms with Crippen LogP contribution in [-0.4, -0.2) is 16.1 Å². The van der Waals surface area contributed by atoms with Gasteiger partial charge in [-0.2, -0.15) is 0 Å². The fourth-order valence-electron chi connectivity index (χ4n) is 1.93. The van der Waals surface area contributed by atoms with Crippen LogP contribution in [0.25, 0.3) is 0 Å². The lowest BCUT2D eigenvalue weighted by molar-refractivity contribution is 0.829. The predicted molar refractivity (Wildman–Crippen MR) is 74.3 cm³/mol. The standard InChI is InChI=1S/C14H15ClSi/c15-11-14(16,12-7-3-1-4-8-12)13-9-5-2-6-10-13/h1-10H,11H2,16H3. The van der Waals surface area contributed by atoms with E-state index in [0.717, 1.165) is 10.2 Å². The maximum atomic E-state index is 6.21. The first-order chi connectivity index (χ1) is 7.77. The Bertz CT molecular complexity index is 399.